The number of nitrogens with zero attached hydrogens (tertiary/aromatic N) is 1. The minimum absolute atomic E-state index is 0.240. The third-order valence-electron chi connectivity index (χ3n) is 5.14. The Morgan fingerprint density at radius 2 is 1.77 bits per heavy atom. The largest absolute Gasteiger partial charge is 0.503 e. The molecule has 0 fully saturated rings. The number of aliphatic hydroxyl groups is 1. The summed E-state index contributed by atoms with van der Waals surface area (Å²) >= 11 is 9.56. The number of halogens is 2. The van der Waals surface area contributed by atoms with Gasteiger partial charge in [0.1, 0.15) is 5.75 Å². The van der Waals surface area contributed by atoms with Crippen molar-refractivity contribution >= 4 is 39.0 Å². The molecule has 1 amide bonds. The van der Waals surface area contributed by atoms with Gasteiger partial charge in [0.25, 0.3) is 5.91 Å². The molecule has 1 aliphatic rings. The van der Waals surface area contributed by atoms with Gasteiger partial charge in [0.2, 0.25) is 0 Å². The molecule has 0 spiro atoms. The van der Waals surface area contributed by atoms with Gasteiger partial charge in [0.15, 0.2) is 5.76 Å². The molecule has 0 saturated heterocycles. The summed E-state index contributed by atoms with van der Waals surface area (Å²) in [5.41, 5.74) is 3.17. The van der Waals surface area contributed by atoms with Crippen LogP contribution in [0.3, 0.4) is 0 Å². The van der Waals surface area contributed by atoms with Gasteiger partial charge in [-0.2, -0.15) is 0 Å². The highest BCUT2D eigenvalue weighted by atomic mass is 79.9. The normalized spacial score (nSPS) is 16.3. The van der Waals surface area contributed by atoms with Crippen molar-refractivity contribution in [2.45, 2.75) is 12.6 Å². The van der Waals surface area contributed by atoms with E-state index >= 15 is 0 Å². The molecule has 1 aliphatic heterocycles. The summed E-state index contributed by atoms with van der Waals surface area (Å²) in [6.45, 7) is 0.348. The molecule has 0 saturated carbocycles. The SMILES string of the molecule is COc1ccc(CN2C(=O)C(O)=C(c3ccc(Cl)cc3)C2c2cccc(Br)c2)cc1. The number of hydrogen-bond acceptors (Lipinski definition) is 3. The molecule has 1 heterocycles. The van der Waals surface area contributed by atoms with Crippen LogP contribution in [0, 0.1) is 0 Å². The molecule has 4 nitrogen and oxygen atoms in total. The molecular weight excluding hydrogens is 466 g/mol. The fraction of sp³-hybridized carbons (Fsp3) is 0.125. The minimum atomic E-state index is -0.432. The number of benzene rings is 3. The maximum Gasteiger partial charge on any atom is 0.290 e. The second-order valence-corrected chi connectivity index (χ2v) is 8.36. The number of carbonyl (C=O) groups excluding carboxylic acids is 1. The molecule has 6 heteroatoms. The van der Waals surface area contributed by atoms with E-state index in [0.717, 1.165) is 26.9 Å². The Kier molecular flexibility index (Phi) is 5.84. The smallest absolute Gasteiger partial charge is 0.290 e. The first-order valence-electron chi connectivity index (χ1n) is 9.36. The first kappa shape index (κ1) is 20.5. The molecule has 0 radical (unpaired) electrons. The number of methoxy groups -OCH3 is 1. The summed E-state index contributed by atoms with van der Waals surface area (Å²) in [5.74, 6) is 0.106. The number of amides is 1. The molecule has 4 rings (SSSR count). The van der Waals surface area contributed by atoms with E-state index in [0.29, 0.717) is 17.1 Å². The lowest BCUT2D eigenvalue weighted by Crippen LogP contribution is -2.29. The number of carbonyl (C=O) groups is 1. The monoisotopic (exact) mass is 483 g/mol. The highest BCUT2D eigenvalue weighted by molar-refractivity contribution is 9.10. The van der Waals surface area contributed by atoms with Gasteiger partial charge in [-0.1, -0.05) is 63.9 Å². The summed E-state index contributed by atoms with van der Waals surface area (Å²) in [4.78, 5) is 14.8. The molecule has 0 aliphatic carbocycles. The Labute approximate surface area is 188 Å². The van der Waals surface area contributed by atoms with E-state index in [-0.39, 0.29) is 5.76 Å². The van der Waals surface area contributed by atoms with Gasteiger partial charge in [-0.15, -0.1) is 0 Å². The molecular formula is C24H19BrClNO3. The Morgan fingerprint density at radius 3 is 2.40 bits per heavy atom. The van der Waals surface area contributed by atoms with E-state index in [4.69, 9.17) is 16.3 Å². The predicted molar refractivity (Wildman–Crippen MR) is 121 cm³/mol. The third kappa shape index (κ3) is 3.95. The van der Waals surface area contributed by atoms with Crippen molar-refractivity contribution in [3.05, 3.63) is 105 Å². The van der Waals surface area contributed by atoms with E-state index < -0.39 is 11.9 Å². The molecule has 1 N–H and O–H groups in total. The molecule has 3 aromatic carbocycles. The molecule has 3 aromatic rings. The predicted octanol–water partition coefficient (Wildman–Crippen LogP) is 6.16. The Hall–Kier alpha value is -2.76. The van der Waals surface area contributed by atoms with Crippen molar-refractivity contribution < 1.29 is 14.6 Å². The summed E-state index contributed by atoms with van der Waals surface area (Å²) in [6, 6.07) is 22.1. The lowest BCUT2D eigenvalue weighted by Gasteiger charge is -2.27. The lowest BCUT2D eigenvalue weighted by atomic mass is 9.93. The fourth-order valence-corrected chi connectivity index (χ4v) is 4.23. The average molecular weight is 485 g/mol. The second-order valence-electron chi connectivity index (χ2n) is 7.01. The van der Waals surface area contributed by atoms with Crippen LogP contribution in [0.5, 0.6) is 5.75 Å². The van der Waals surface area contributed by atoms with Crippen LogP contribution >= 0.6 is 27.5 Å². The number of hydrogen-bond donors (Lipinski definition) is 1. The van der Waals surface area contributed by atoms with Crippen molar-refractivity contribution in [2.24, 2.45) is 0 Å². The average Bonchev–Trinajstić information content (AvgIpc) is 3.00. The van der Waals surface area contributed by atoms with Crippen LogP contribution in [-0.2, 0) is 11.3 Å². The van der Waals surface area contributed by atoms with Crippen LogP contribution in [0.1, 0.15) is 22.7 Å². The Balaban J connectivity index is 1.78. The van der Waals surface area contributed by atoms with Gasteiger partial charge in [0, 0.05) is 21.6 Å². The van der Waals surface area contributed by atoms with E-state index in [1.54, 1.807) is 24.1 Å². The van der Waals surface area contributed by atoms with E-state index in [1.807, 2.05) is 60.7 Å². The van der Waals surface area contributed by atoms with Crippen LogP contribution in [0.25, 0.3) is 5.57 Å². The first-order chi connectivity index (χ1) is 14.5. The summed E-state index contributed by atoms with van der Waals surface area (Å²) in [6.07, 6.45) is 0. The van der Waals surface area contributed by atoms with Crippen LogP contribution in [0.15, 0.2) is 83.0 Å². The molecule has 1 atom stereocenters. The summed E-state index contributed by atoms with van der Waals surface area (Å²) in [7, 11) is 1.61. The van der Waals surface area contributed by atoms with Crippen molar-refractivity contribution in [2.75, 3.05) is 7.11 Å². The van der Waals surface area contributed by atoms with Crippen molar-refractivity contribution in [1.82, 2.24) is 4.90 Å². The fourth-order valence-electron chi connectivity index (χ4n) is 3.69. The molecule has 30 heavy (non-hydrogen) atoms. The zero-order valence-electron chi connectivity index (χ0n) is 16.2. The maximum atomic E-state index is 13.1. The van der Waals surface area contributed by atoms with E-state index in [2.05, 4.69) is 15.9 Å². The van der Waals surface area contributed by atoms with Gasteiger partial charge in [-0.05, 0) is 53.1 Å². The van der Waals surface area contributed by atoms with E-state index in [1.165, 1.54) is 0 Å². The molecule has 152 valence electrons. The lowest BCUT2D eigenvalue weighted by molar-refractivity contribution is -0.130. The van der Waals surface area contributed by atoms with Crippen molar-refractivity contribution in [3.8, 4) is 5.75 Å². The van der Waals surface area contributed by atoms with Crippen LogP contribution in [0.2, 0.25) is 5.02 Å². The van der Waals surface area contributed by atoms with Gasteiger partial charge >= 0.3 is 0 Å². The van der Waals surface area contributed by atoms with Crippen LogP contribution in [-0.4, -0.2) is 23.0 Å². The number of rotatable bonds is 5. The van der Waals surface area contributed by atoms with E-state index in [9.17, 15) is 9.90 Å². The number of aliphatic hydroxyl groups excluding tert-OH is 1. The zero-order chi connectivity index (χ0) is 21.3. The topological polar surface area (TPSA) is 49.8 Å². The minimum Gasteiger partial charge on any atom is -0.503 e. The Morgan fingerprint density at radius 1 is 1.07 bits per heavy atom. The van der Waals surface area contributed by atoms with Gasteiger partial charge in [-0.25, -0.2) is 0 Å². The van der Waals surface area contributed by atoms with Gasteiger partial charge < -0.3 is 14.7 Å². The molecule has 0 aromatic heterocycles. The highest BCUT2D eigenvalue weighted by Crippen LogP contribution is 2.44. The zero-order valence-corrected chi connectivity index (χ0v) is 18.5. The van der Waals surface area contributed by atoms with Crippen molar-refractivity contribution in [1.29, 1.82) is 0 Å². The highest BCUT2D eigenvalue weighted by Gasteiger charge is 2.41. The van der Waals surface area contributed by atoms with Gasteiger partial charge in [-0.3, -0.25) is 4.79 Å². The standard InChI is InChI=1S/C24H19BrClNO3/c1-30-20-11-5-15(6-12-20)14-27-22(17-3-2-4-18(25)13-17)21(23(28)24(27)29)16-7-9-19(26)10-8-16/h2-13,22,28H,14H2,1H3. The summed E-state index contributed by atoms with van der Waals surface area (Å²) < 4.78 is 6.12. The Bertz CT molecular complexity index is 1110. The second kappa shape index (κ2) is 8.54. The van der Waals surface area contributed by atoms with Crippen molar-refractivity contribution in [3.63, 3.8) is 0 Å². The maximum absolute atomic E-state index is 13.1. The van der Waals surface area contributed by atoms with Crippen LogP contribution < -0.4 is 4.74 Å². The summed E-state index contributed by atoms with van der Waals surface area (Å²) in [5, 5.41) is 11.4. The third-order valence-corrected chi connectivity index (χ3v) is 5.88. The quantitative estimate of drug-likeness (QED) is 0.471. The molecule has 0 bridgehead atoms. The van der Waals surface area contributed by atoms with Gasteiger partial charge in [0.05, 0.1) is 13.2 Å². The number of ether oxygens (including phenoxy) is 1. The molecule has 1 unspecified atom stereocenters. The first-order valence-corrected chi connectivity index (χ1v) is 10.5. The van der Waals surface area contributed by atoms with Crippen LogP contribution in [0.4, 0.5) is 0 Å².